The fourth-order valence-corrected chi connectivity index (χ4v) is 2.83. The van der Waals surface area contributed by atoms with Gasteiger partial charge in [0, 0.05) is 26.6 Å². The zero-order valence-corrected chi connectivity index (χ0v) is 14.4. The van der Waals surface area contributed by atoms with E-state index in [2.05, 4.69) is 5.32 Å². The average Bonchev–Trinajstić information content (AvgIpc) is 2.50. The van der Waals surface area contributed by atoms with Crippen molar-refractivity contribution in [2.45, 2.75) is 39.0 Å². The number of benzene rings is 1. The van der Waals surface area contributed by atoms with Crippen LogP contribution in [0.5, 0.6) is 0 Å². The molecular formula is C17H22F3N3O2. The quantitative estimate of drug-likeness (QED) is 0.901. The van der Waals surface area contributed by atoms with E-state index < -0.39 is 17.8 Å². The van der Waals surface area contributed by atoms with E-state index in [1.54, 1.807) is 24.8 Å². The number of alkyl halides is 3. The lowest BCUT2D eigenvalue weighted by atomic mass is 10.0. The Balaban J connectivity index is 2.04. The maximum absolute atomic E-state index is 12.9. The average molecular weight is 357 g/mol. The highest BCUT2D eigenvalue weighted by molar-refractivity contribution is 5.77. The zero-order valence-electron chi connectivity index (χ0n) is 14.4. The van der Waals surface area contributed by atoms with Gasteiger partial charge in [0.05, 0.1) is 17.6 Å². The van der Waals surface area contributed by atoms with Gasteiger partial charge in [0.1, 0.15) is 0 Å². The number of hydrogen-bond donors (Lipinski definition) is 1. The normalized spacial score (nSPS) is 16.2. The highest BCUT2D eigenvalue weighted by Gasteiger charge is 2.33. The molecule has 25 heavy (non-hydrogen) atoms. The largest absolute Gasteiger partial charge is 0.416 e. The molecule has 3 amide bonds. The minimum Gasteiger partial charge on any atom is -0.339 e. The van der Waals surface area contributed by atoms with Crippen molar-refractivity contribution in [3.05, 3.63) is 35.4 Å². The van der Waals surface area contributed by atoms with E-state index in [0.29, 0.717) is 25.2 Å². The van der Waals surface area contributed by atoms with E-state index in [9.17, 15) is 22.8 Å². The van der Waals surface area contributed by atoms with Gasteiger partial charge >= 0.3 is 12.2 Å². The summed E-state index contributed by atoms with van der Waals surface area (Å²) in [5, 5.41) is 2.82. The number of likely N-dealkylation sites (tertiary alicyclic amines) is 1. The molecular weight excluding hydrogens is 335 g/mol. The van der Waals surface area contributed by atoms with Crippen LogP contribution in [-0.2, 0) is 11.0 Å². The second-order valence-electron chi connectivity index (χ2n) is 6.16. The van der Waals surface area contributed by atoms with Crippen molar-refractivity contribution in [1.29, 1.82) is 0 Å². The minimum absolute atomic E-state index is 0.0461. The van der Waals surface area contributed by atoms with Gasteiger partial charge in [0.15, 0.2) is 0 Å². The molecule has 0 bridgehead atoms. The first-order valence-electron chi connectivity index (χ1n) is 8.13. The monoisotopic (exact) mass is 357 g/mol. The predicted molar refractivity (Wildman–Crippen MR) is 86.8 cm³/mol. The third kappa shape index (κ3) is 4.43. The molecule has 1 aliphatic heterocycles. The highest BCUT2D eigenvalue weighted by atomic mass is 19.4. The minimum atomic E-state index is -4.42. The molecule has 0 aromatic heterocycles. The Hall–Kier alpha value is -2.25. The van der Waals surface area contributed by atoms with Crippen LogP contribution in [0.15, 0.2) is 24.3 Å². The van der Waals surface area contributed by atoms with E-state index in [4.69, 9.17) is 0 Å². The molecule has 0 spiro atoms. The Morgan fingerprint density at radius 2 is 2.00 bits per heavy atom. The van der Waals surface area contributed by atoms with Crippen LogP contribution in [0.4, 0.5) is 18.0 Å². The molecule has 5 nitrogen and oxygen atoms in total. The molecule has 1 fully saturated rings. The lowest BCUT2D eigenvalue weighted by molar-refractivity contribution is -0.137. The van der Waals surface area contributed by atoms with Crippen molar-refractivity contribution in [2.75, 3.05) is 19.6 Å². The first kappa shape index (κ1) is 19.1. The molecule has 1 aromatic carbocycles. The summed E-state index contributed by atoms with van der Waals surface area (Å²) in [6.45, 7) is 6.19. The number of carbonyl (C=O) groups is 2. The summed E-state index contributed by atoms with van der Waals surface area (Å²) >= 11 is 0. The van der Waals surface area contributed by atoms with Crippen LogP contribution >= 0.6 is 0 Å². The molecule has 0 aliphatic carbocycles. The number of halogens is 3. The van der Waals surface area contributed by atoms with Gasteiger partial charge in [-0.05, 0) is 31.5 Å². The van der Waals surface area contributed by atoms with E-state index >= 15 is 0 Å². The van der Waals surface area contributed by atoms with E-state index in [-0.39, 0.29) is 18.0 Å². The zero-order chi connectivity index (χ0) is 18.8. The van der Waals surface area contributed by atoms with Crippen LogP contribution in [0.1, 0.15) is 37.9 Å². The van der Waals surface area contributed by atoms with Crippen LogP contribution in [0.25, 0.3) is 0 Å². The second-order valence-corrected chi connectivity index (χ2v) is 6.16. The van der Waals surface area contributed by atoms with Crippen molar-refractivity contribution in [1.82, 2.24) is 15.1 Å². The van der Waals surface area contributed by atoms with Gasteiger partial charge < -0.3 is 15.1 Å². The standard InChI is InChI=1S/C17H22F3N3O2/c1-4-23(16(25)21-15-9-22(10-15)12(3)24)11(2)13-6-5-7-14(8-13)17(18,19)20/h5-8,11,15H,4,9-10H2,1-3H3,(H,21,25). The first-order chi connectivity index (χ1) is 11.6. The summed E-state index contributed by atoms with van der Waals surface area (Å²) in [5.41, 5.74) is -0.310. The van der Waals surface area contributed by atoms with Crippen molar-refractivity contribution in [3.63, 3.8) is 0 Å². The van der Waals surface area contributed by atoms with Crippen LogP contribution in [0, 0.1) is 0 Å². The van der Waals surface area contributed by atoms with E-state index in [1.807, 2.05) is 0 Å². The van der Waals surface area contributed by atoms with Crippen molar-refractivity contribution in [2.24, 2.45) is 0 Å². The van der Waals surface area contributed by atoms with Gasteiger partial charge in [-0.2, -0.15) is 13.2 Å². The van der Waals surface area contributed by atoms with Gasteiger partial charge in [0.2, 0.25) is 5.91 Å². The summed E-state index contributed by atoms with van der Waals surface area (Å²) in [7, 11) is 0. The smallest absolute Gasteiger partial charge is 0.339 e. The predicted octanol–water partition coefficient (Wildman–Crippen LogP) is 3.03. The van der Waals surface area contributed by atoms with Crippen LogP contribution in [0.2, 0.25) is 0 Å². The molecule has 0 radical (unpaired) electrons. The molecule has 1 atom stereocenters. The van der Waals surface area contributed by atoms with Gasteiger partial charge in [-0.25, -0.2) is 4.79 Å². The lowest BCUT2D eigenvalue weighted by Crippen LogP contribution is -2.62. The fraction of sp³-hybridized carbons (Fsp3) is 0.529. The molecule has 1 aliphatic rings. The molecule has 1 aromatic rings. The number of rotatable bonds is 4. The Morgan fingerprint density at radius 3 is 2.52 bits per heavy atom. The number of nitrogens with one attached hydrogen (secondary N) is 1. The van der Waals surface area contributed by atoms with Crippen molar-refractivity contribution < 1.29 is 22.8 Å². The number of amides is 3. The fourth-order valence-electron chi connectivity index (χ4n) is 2.83. The van der Waals surface area contributed by atoms with Crippen LogP contribution in [-0.4, -0.2) is 47.4 Å². The van der Waals surface area contributed by atoms with Crippen molar-refractivity contribution >= 4 is 11.9 Å². The van der Waals surface area contributed by atoms with Gasteiger partial charge in [-0.1, -0.05) is 12.1 Å². The summed E-state index contributed by atoms with van der Waals surface area (Å²) in [6, 6.07) is 4.03. The second kappa shape index (κ2) is 7.33. The summed E-state index contributed by atoms with van der Waals surface area (Å²) in [5.74, 6) is -0.0461. The third-order valence-electron chi connectivity index (χ3n) is 4.42. The SMILES string of the molecule is CCN(C(=O)NC1CN(C(C)=O)C1)C(C)c1cccc(C(F)(F)F)c1. The van der Waals surface area contributed by atoms with Crippen LogP contribution in [0.3, 0.4) is 0 Å². The number of carbonyl (C=O) groups excluding carboxylic acids is 2. The lowest BCUT2D eigenvalue weighted by Gasteiger charge is -2.40. The Kier molecular flexibility index (Phi) is 5.59. The molecule has 1 unspecified atom stereocenters. The molecule has 1 heterocycles. The van der Waals surface area contributed by atoms with E-state index in [1.165, 1.54) is 17.9 Å². The maximum atomic E-state index is 12.9. The molecule has 0 saturated carbocycles. The van der Waals surface area contributed by atoms with E-state index in [0.717, 1.165) is 12.1 Å². The van der Waals surface area contributed by atoms with Gasteiger partial charge in [0.25, 0.3) is 0 Å². The topological polar surface area (TPSA) is 52.7 Å². The molecule has 138 valence electrons. The maximum Gasteiger partial charge on any atom is 0.416 e. The molecule has 2 rings (SSSR count). The summed E-state index contributed by atoms with van der Waals surface area (Å²) < 4.78 is 38.6. The molecule has 8 heteroatoms. The van der Waals surface area contributed by atoms with Gasteiger partial charge in [-0.3, -0.25) is 4.79 Å². The summed E-state index contributed by atoms with van der Waals surface area (Å²) in [6.07, 6.45) is -4.42. The van der Waals surface area contributed by atoms with Crippen LogP contribution < -0.4 is 5.32 Å². The number of hydrogen-bond acceptors (Lipinski definition) is 2. The van der Waals surface area contributed by atoms with Crippen molar-refractivity contribution in [3.8, 4) is 0 Å². The molecule has 1 saturated heterocycles. The molecule has 1 N–H and O–H groups in total. The Morgan fingerprint density at radius 1 is 1.36 bits per heavy atom. The number of nitrogens with zero attached hydrogens (tertiary/aromatic N) is 2. The summed E-state index contributed by atoms with van der Waals surface area (Å²) in [4.78, 5) is 26.7. The first-order valence-corrected chi connectivity index (χ1v) is 8.13. The number of urea groups is 1. The Bertz CT molecular complexity index is 642. The highest BCUT2D eigenvalue weighted by Crippen LogP contribution is 2.31. The third-order valence-corrected chi connectivity index (χ3v) is 4.42. The van der Waals surface area contributed by atoms with Gasteiger partial charge in [-0.15, -0.1) is 0 Å². The Labute approximate surface area is 144 Å².